The molecule has 17 nitrogen and oxygen atoms in total. The van der Waals surface area contributed by atoms with Gasteiger partial charge in [0.15, 0.2) is 11.6 Å². The number of ketones is 4. The van der Waals surface area contributed by atoms with Gasteiger partial charge in [0, 0.05) is 60.9 Å². The summed E-state index contributed by atoms with van der Waals surface area (Å²) in [4.78, 5) is 65.2. The van der Waals surface area contributed by atoms with Gasteiger partial charge in [-0.3, -0.25) is 24.2 Å². The predicted octanol–water partition coefficient (Wildman–Crippen LogP) is 22.9. The predicted molar refractivity (Wildman–Crippen MR) is 510 cm³/mol. The third-order valence-corrected chi connectivity index (χ3v) is 42.7. The molecule has 4 aromatic heterocycles. The van der Waals surface area contributed by atoms with Crippen LogP contribution >= 0.6 is 0 Å². The summed E-state index contributed by atoms with van der Waals surface area (Å²) in [5.74, 6) is 13.6. The van der Waals surface area contributed by atoms with Gasteiger partial charge in [0.2, 0.25) is 0 Å². The third kappa shape index (κ3) is 16.9. The lowest BCUT2D eigenvalue weighted by atomic mass is 9.49. The number of hydrogen-bond acceptors (Lipinski definition) is 14. The molecule has 24 rings (SSSR count). The number of halogens is 6. The van der Waals surface area contributed by atoms with Crippen molar-refractivity contribution in [3.63, 3.8) is 0 Å². The molecule has 16 saturated carbocycles. The molecule has 136 heavy (non-hydrogen) atoms. The number of aryl methyl sites for hydroxylation is 1. The van der Waals surface area contributed by atoms with E-state index in [1.54, 1.807) is 12.1 Å². The van der Waals surface area contributed by atoms with E-state index in [2.05, 4.69) is 82.0 Å². The molecule has 16 fully saturated rings. The van der Waals surface area contributed by atoms with Crippen molar-refractivity contribution < 1.29 is 65.9 Å². The Labute approximate surface area is 798 Å². The van der Waals surface area contributed by atoms with Crippen molar-refractivity contribution in [1.29, 1.82) is 0 Å². The molecule has 0 radical (unpaired) electrons. The van der Waals surface area contributed by atoms with Crippen LogP contribution in [0.15, 0.2) is 97.2 Å². The number of Topliss-reactive ketones (excluding diaryl/α,β-unsaturated/α-hetero) is 4. The molecule has 32 atom stereocenters. The number of carbonyl (C=O) groups is 4. The topological polar surface area (TPSA) is 241 Å². The summed E-state index contributed by atoms with van der Waals surface area (Å²) in [6, 6.07) is 27.1. The van der Waals surface area contributed by atoms with Crippen LogP contribution in [0.2, 0.25) is 0 Å². The third-order valence-electron chi connectivity index (χ3n) is 42.7. The number of aromatic nitrogens is 9. The monoisotopic (exact) mass is 1870 g/mol. The number of pyridine rings is 1. The van der Waals surface area contributed by atoms with Crippen molar-refractivity contribution in [1.82, 2.24) is 44.5 Å². The molecule has 23 heteroatoms. The number of para-hydroxylation sites is 2. The van der Waals surface area contributed by atoms with E-state index >= 15 is 0 Å². The Morgan fingerprint density at radius 3 is 1.29 bits per heavy atom. The molecule has 0 saturated heterocycles. The maximum absolute atomic E-state index is 13.8. The lowest BCUT2D eigenvalue weighted by Gasteiger charge is -2.57. The highest BCUT2D eigenvalue weighted by Crippen LogP contribution is 2.71. The van der Waals surface area contributed by atoms with E-state index in [1.807, 2.05) is 57.4 Å². The molecule has 734 valence electrons. The largest absolute Gasteiger partial charge is 0.390 e. The van der Waals surface area contributed by atoms with Gasteiger partial charge in [-0.05, 0) is 433 Å². The van der Waals surface area contributed by atoms with Crippen molar-refractivity contribution in [2.24, 2.45) is 171 Å². The lowest BCUT2D eigenvalue weighted by molar-refractivity contribution is -0.160. The van der Waals surface area contributed by atoms with E-state index in [0.29, 0.717) is 118 Å². The number of fused-ring (bicyclic) bond motifs is 24. The average molecular weight is 1870 g/mol. The first-order chi connectivity index (χ1) is 65.0. The van der Waals surface area contributed by atoms with E-state index in [1.165, 1.54) is 116 Å². The highest BCUT2D eigenvalue weighted by Gasteiger charge is 2.65. The van der Waals surface area contributed by atoms with Crippen LogP contribution in [0.25, 0.3) is 43.9 Å². The number of carbonyl (C=O) groups excluding carboxylic acids is 4. The van der Waals surface area contributed by atoms with E-state index in [9.17, 15) is 65.9 Å². The molecule has 4 aromatic carbocycles. The molecule has 0 spiro atoms. The van der Waals surface area contributed by atoms with Crippen molar-refractivity contribution in [2.45, 2.75) is 334 Å². The van der Waals surface area contributed by atoms with Crippen molar-refractivity contribution in [3.05, 3.63) is 120 Å². The van der Waals surface area contributed by atoms with Crippen LogP contribution in [0.5, 0.6) is 0 Å². The van der Waals surface area contributed by atoms with Crippen LogP contribution < -0.4 is 0 Å². The molecule has 4 heterocycles. The van der Waals surface area contributed by atoms with E-state index in [0.717, 1.165) is 191 Å². The molecular weight excluding hydrogens is 1730 g/mol. The Kier molecular flexibility index (Phi) is 25.3. The zero-order valence-electron chi connectivity index (χ0n) is 81.2. The van der Waals surface area contributed by atoms with E-state index < -0.39 is 35.3 Å². The summed E-state index contributed by atoms with van der Waals surface area (Å²) in [6.45, 7) is 13.8. The summed E-state index contributed by atoms with van der Waals surface area (Å²) < 4.78 is 84.8. The zero-order chi connectivity index (χ0) is 94.8. The van der Waals surface area contributed by atoms with Crippen molar-refractivity contribution >= 4 is 67.0 Å². The van der Waals surface area contributed by atoms with Crippen LogP contribution in [-0.4, -0.2) is 123 Å². The second-order valence-corrected chi connectivity index (χ2v) is 49.2. The molecule has 16 aliphatic rings. The van der Waals surface area contributed by atoms with Crippen LogP contribution in [-0.2, 0) is 52.2 Å². The summed E-state index contributed by atoms with van der Waals surface area (Å²) in [6.07, 6.45) is 32.5. The Balaban J connectivity index is 0.000000108. The molecule has 0 bridgehead atoms. The fourth-order valence-electron chi connectivity index (χ4n) is 36.3. The van der Waals surface area contributed by atoms with Gasteiger partial charge < -0.3 is 25.0 Å². The second kappa shape index (κ2) is 36.3. The fraction of sp³-hybridized carbons (Fsp3) is 0.717. The first-order valence-electron chi connectivity index (χ1n) is 53.3. The minimum absolute atomic E-state index is 0.0349. The lowest BCUT2D eigenvalue weighted by Crippen LogP contribution is -2.53. The maximum Gasteiger partial charge on any atom is 0.266 e. The van der Waals surface area contributed by atoms with Gasteiger partial charge >= 0.3 is 0 Å². The van der Waals surface area contributed by atoms with Gasteiger partial charge in [0.25, 0.3) is 12.9 Å². The number of alkyl halides is 4. The van der Waals surface area contributed by atoms with Crippen LogP contribution in [0.3, 0.4) is 0 Å². The number of benzene rings is 4. The van der Waals surface area contributed by atoms with E-state index in [-0.39, 0.29) is 119 Å². The Bertz CT molecular complexity index is 5790. The molecule has 8 aromatic rings. The minimum atomic E-state index is -2.67. The number of nitrogens with zero attached hydrogens (tertiary/aromatic N) is 9. The second-order valence-electron chi connectivity index (χ2n) is 49.2. The molecule has 16 aliphatic carbocycles. The molecule has 0 amide bonds. The van der Waals surface area contributed by atoms with Crippen LogP contribution in [0.4, 0.5) is 26.3 Å². The van der Waals surface area contributed by atoms with Gasteiger partial charge in [0.1, 0.15) is 69.9 Å². The first kappa shape index (κ1) is 94.9. The van der Waals surface area contributed by atoms with Gasteiger partial charge in [-0.2, -0.15) is 15.0 Å². The zero-order valence-corrected chi connectivity index (χ0v) is 81.2. The molecular formula is C113H147F6N9O8. The normalized spacial score (nSPS) is 41.7. The van der Waals surface area contributed by atoms with Gasteiger partial charge in [0.05, 0.1) is 39.9 Å². The number of imidazole rings is 1. The van der Waals surface area contributed by atoms with Gasteiger partial charge in [-0.15, -0.1) is 5.10 Å². The SMILES string of the molecule is C[C@@]1(O)CC[C@H]2[C@H](CC[C@@H]3[C@@H]2CC[C@]2(C)[C@@H](C(=O)Cc4nccc5ccccc45)CC[C@@H]32)C1.C[C@]12CC[C@H]3[C@@H](CC[C@@H]4C[C@@](O)(C(F)F)CC[C@@H]43)[C@@H]1CC[C@@H]2C(=O)Cn1nc2ccc(F)cc2n1.C[C@]12CC[C@H]3[C@@H](CC[C@@H]4C[C@@](O)(C(F)F)CC[C@@H]43)[C@@H]1CC[C@@H]2C(=O)Cn1nnc2ccc(F)cc21.Cn1c(CC(=O)[C@H]2CC[C@H]3[C@@H]4CC[C@@H]5C[C@](C)(O)CC[C@@H]5[C@H]4CC[C@]23C)nc2ccccc21. The Hall–Kier alpha value is -7.34. The van der Waals surface area contributed by atoms with Gasteiger partial charge in [-0.1, -0.05) is 69.3 Å². The highest BCUT2D eigenvalue weighted by atomic mass is 19.3. The highest BCUT2D eigenvalue weighted by molar-refractivity contribution is 5.91. The molecule has 4 N–H and O–H groups in total. The van der Waals surface area contributed by atoms with Crippen LogP contribution in [0, 0.1) is 175 Å². The van der Waals surface area contributed by atoms with Crippen LogP contribution in [0.1, 0.15) is 284 Å². The Morgan fingerprint density at radius 2 is 0.801 bits per heavy atom. The fourth-order valence-corrected chi connectivity index (χ4v) is 36.3. The molecule has 0 aliphatic heterocycles. The number of aliphatic hydroxyl groups is 4. The van der Waals surface area contributed by atoms with Gasteiger partial charge in [-0.25, -0.2) is 36.0 Å². The average Bonchev–Trinajstić information content (AvgIpc) is 1.55. The quantitative estimate of drug-likeness (QED) is 0.0741. The van der Waals surface area contributed by atoms with Crippen molar-refractivity contribution in [3.8, 4) is 0 Å². The summed E-state index contributed by atoms with van der Waals surface area (Å²) >= 11 is 0. The Morgan fingerprint density at radius 1 is 0.390 bits per heavy atom. The molecule has 0 unspecified atom stereocenters. The summed E-state index contributed by atoms with van der Waals surface area (Å²) in [7, 11) is 2.04. The minimum Gasteiger partial charge on any atom is -0.390 e. The number of hydrogen-bond donors (Lipinski definition) is 4. The maximum atomic E-state index is 13.8. The number of rotatable bonds is 14. The van der Waals surface area contributed by atoms with E-state index in [4.69, 9.17) is 4.98 Å². The smallest absolute Gasteiger partial charge is 0.266 e. The first-order valence-corrected chi connectivity index (χ1v) is 53.3. The summed E-state index contributed by atoms with van der Waals surface area (Å²) in [5.41, 5.74) is 0.911. The summed E-state index contributed by atoms with van der Waals surface area (Å²) in [5, 5.41) is 61.3. The van der Waals surface area contributed by atoms with Crippen molar-refractivity contribution in [2.75, 3.05) is 0 Å². The standard InChI is InChI=1S/C30H39NO2.C29H40N2O2.2C27H34F3N3O2/c1-29(33)14-11-21-20(18-29)7-8-24-23(21)12-15-30(2)25(24)9-10-26(30)28(32)17-27-22-6-4-3-5-19(22)13-16-31-27;1-28(33)14-12-19-18(17-28)8-9-21-20(19)13-15-29(2)22(21)10-11-23(29)26(32)16-27-30-24-6-4-5-7-25(24)31(27)3;1-26-10-8-18-17-9-11-27(35,25(29)30)13-15(17)2-4-19(18)20(26)5-6-21(26)24(34)14-33-23-12-16(28)3-7-22(23)31-32-33;1-26-10-8-18-17-9-11-27(35,25(29)30)13-15(17)2-4-19(18)20(26)5-6-21(26)24(34)14-33-31-22-7-3-16(28)12-23(22)32-33/h3-6,13,16,20-21,23-26,33H,7-12,14-15,17-18H2,1-2H3;4-7,18-23,33H,8-17H2,1-3H3;2*3,7,12,15,17-21,25,35H,2,4-6,8-11,13-14H2,1H3/t20-,21+,23-,24-,25+,26-,29-,30+;18-,19+,20-,21-,22+,23-,28-,29+;2*15-,17+,18-,19-,20+,21-,26+,27-/m1111/s1.